The van der Waals surface area contributed by atoms with E-state index in [1.807, 2.05) is 42.5 Å². The van der Waals surface area contributed by atoms with Gasteiger partial charge in [-0.15, -0.1) is 0 Å². The number of hydrogen-bond donors (Lipinski definition) is 1. The molecule has 1 heterocycles. The molecule has 1 aliphatic rings. The molecule has 1 aliphatic heterocycles. The van der Waals surface area contributed by atoms with Gasteiger partial charge in [-0.05, 0) is 29.1 Å². The Labute approximate surface area is 179 Å². The number of anilines is 1. The molecule has 0 radical (unpaired) electrons. The van der Waals surface area contributed by atoms with E-state index in [4.69, 9.17) is 11.6 Å². The number of rotatable bonds is 7. The quantitative estimate of drug-likeness (QED) is 0.556. The van der Waals surface area contributed by atoms with E-state index in [2.05, 4.69) is 5.32 Å². The molecule has 0 aromatic heterocycles. The second-order valence-electron chi connectivity index (χ2n) is 6.63. The lowest BCUT2D eigenvalue weighted by atomic mass is 10.1. The number of thioether (sulfide) groups is 1. The zero-order valence-electron chi connectivity index (χ0n) is 15.5. The SMILES string of the molecule is O=C(CSCCN1c2cccc3cccc(c23)S1(=O)=O)NCc1ccccc1Cl. The molecular formula is C21H19ClN2O3S2. The summed E-state index contributed by atoms with van der Waals surface area (Å²) in [6.07, 6.45) is 0. The Balaban J connectivity index is 1.33. The van der Waals surface area contributed by atoms with Crippen molar-refractivity contribution in [3.8, 4) is 0 Å². The van der Waals surface area contributed by atoms with Crippen LogP contribution in [0.4, 0.5) is 5.69 Å². The van der Waals surface area contributed by atoms with Crippen molar-refractivity contribution >= 4 is 55.8 Å². The lowest BCUT2D eigenvalue weighted by molar-refractivity contribution is -0.118. The number of nitrogens with one attached hydrogen (secondary N) is 1. The van der Waals surface area contributed by atoms with Gasteiger partial charge in [0.1, 0.15) is 0 Å². The minimum atomic E-state index is -3.55. The molecule has 5 nitrogen and oxygen atoms in total. The number of nitrogens with zero attached hydrogens (tertiary/aromatic N) is 1. The molecule has 0 unspecified atom stereocenters. The third-order valence-electron chi connectivity index (χ3n) is 4.79. The second kappa shape index (κ2) is 8.26. The van der Waals surface area contributed by atoms with E-state index >= 15 is 0 Å². The van der Waals surface area contributed by atoms with Crippen molar-refractivity contribution in [3.05, 3.63) is 71.2 Å². The molecule has 0 fully saturated rings. The Morgan fingerprint density at radius 1 is 1.03 bits per heavy atom. The Morgan fingerprint density at radius 3 is 2.59 bits per heavy atom. The van der Waals surface area contributed by atoms with E-state index in [-0.39, 0.29) is 11.7 Å². The number of halogens is 1. The summed E-state index contributed by atoms with van der Waals surface area (Å²) in [5, 5.41) is 5.15. The molecule has 4 rings (SSSR count). The molecule has 29 heavy (non-hydrogen) atoms. The van der Waals surface area contributed by atoms with Crippen LogP contribution in [0.3, 0.4) is 0 Å². The van der Waals surface area contributed by atoms with Crippen LogP contribution in [0.15, 0.2) is 65.6 Å². The molecule has 3 aromatic carbocycles. The molecule has 150 valence electrons. The highest BCUT2D eigenvalue weighted by Gasteiger charge is 2.34. The molecular weight excluding hydrogens is 428 g/mol. The van der Waals surface area contributed by atoms with E-state index < -0.39 is 10.0 Å². The van der Waals surface area contributed by atoms with Gasteiger partial charge < -0.3 is 5.32 Å². The molecule has 0 aliphatic carbocycles. The lowest BCUT2D eigenvalue weighted by Crippen LogP contribution is -2.30. The third kappa shape index (κ3) is 3.95. The van der Waals surface area contributed by atoms with Crippen LogP contribution >= 0.6 is 23.4 Å². The van der Waals surface area contributed by atoms with E-state index in [0.29, 0.717) is 34.4 Å². The van der Waals surface area contributed by atoms with Crippen molar-refractivity contribution in [2.24, 2.45) is 0 Å². The number of amides is 1. The van der Waals surface area contributed by atoms with Crippen LogP contribution in [0.25, 0.3) is 10.8 Å². The molecule has 8 heteroatoms. The van der Waals surface area contributed by atoms with Crippen molar-refractivity contribution in [2.75, 3.05) is 22.4 Å². The van der Waals surface area contributed by atoms with Gasteiger partial charge in [0.25, 0.3) is 10.0 Å². The molecule has 1 amide bonds. The third-order valence-corrected chi connectivity index (χ3v) is 7.95. The van der Waals surface area contributed by atoms with Crippen molar-refractivity contribution in [1.82, 2.24) is 5.32 Å². The largest absolute Gasteiger partial charge is 0.351 e. The number of carbonyl (C=O) groups is 1. The Hall–Kier alpha value is -2.22. The van der Waals surface area contributed by atoms with Crippen molar-refractivity contribution < 1.29 is 13.2 Å². The normalized spacial score (nSPS) is 14.3. The number of hydrogen-bond acceptors (Lipinski definition) is 4. The zero-order valence-corrected chi connectivity index (χ0v) is 17.9. The molecule has 0 bridgehead atoms. The predicted molar refractivity (Wildman–Crippen MR) is 119 cm³/mol. The standard InChI is InChI=1S/C21H19ClN2O3S2/c22-17-8-2-1-5-16(17)13-23-20(25)14-28-12-11-24-18-9-3-6-15-7-4-10-19(21(15)18)29(24,26)27/h1-10H,11-14H2,(H,23,25). The van der Waals surface area contributed by atoms with Crippen molar-refractivity contribution in [2.45, 2.75) is 11.4 Å². The zero-order chi connectivity index (χ0) is 20.4. The predicted octanol–water partition coefficient (Wildman–Crippen LogP) is 4.05. The van der Waals surface area contributed by atoms with Crippen LogP contribution in [0, 0.1) is 0 Å². The molecule has 0 spiro atoms. The van der Waals surface area contributed by atoms with Crippen molar-refractivity contribution in [3.63, 3.8) is 0 Å². The van der Waals surface area contributed by atoms with Crippen LogP contribution in [0.5, 0.6) is 0 Å². The summed E-state index contributed by atoms with van der Waals surface area (Å²) < 4.78 is 27.3. The topological polar surface area (TPSA) is 66.5 Å². The summed E-state index contributed by atoms with van der Waals surface area (Å²) in [7, 11) is -3.55. The maximum atomic E-state index is 12.9. The first-order valence-electron chi connectivity index (χ1n) is 9.11. The van der Waals surface area contributed by atoms with Crippen LogP contribution in [-0.4, -0.2) is 32.4 Å². The van der Waals surface area contributed by atoms with E-state index in [1.165, 1.54) is 16.1 Å². The highest BCUT2D eigenvalue weighted by Crippen LogP contribution is 2.41. The van der Waals surface area contributed by atoms with Gasteiger partial charge in [0.2, 0.25) is 5.91 Å². The van der Waals surface area contributed by atoms with Crippen LogP contribution in [-0.2, 0) is 21.4 Å². The van der Waals surface area contributed by atoms with E-state index in [0.717, 1.165) is 16.3 Å². The van der Waals surface area contributed by atoms with Gasteiger partial charge in [-0.25, -0.2) is 8.42 Å². The number of carbonyl (C=O) groups excluding carboxylic acids is 1. The summed E-state index contributed by atoms with van der Waals surface area (Å²) in [5.74, 6) is 0.670. The first-order chi connectivity index (χ1) is 14.0. The Morgan fingerprint density at radius 2 is 1.79 bits per heavy atom. The molecule has 0 saturated heterocycles. The Kier molecular flexibility index (Phi) is 5.72. The summed E-state index contributed by atoms with van der Waals surface area (Å²) in [4.78, 5) is 12.4. The number of benzene rings is 3. The average Bonchev–Trinajstić information content (AvgIpc) is 2.93. The average molecular weight is 447 g/mol. The van der Waals surface area contributed by atoms with Gasteiger partial charge in [-0.1, -0.05) is 54.1 Å². The highest BCUT2D eigenvalue weighted by molar-refractivity contribution is 8.00. The van der Waals surface area contributed by atoms with E-state index in [9.17, 15) is 13.2 Å². The van der Waals surface area contributed by atoms with Crippen LogP contribution < -0.4 is 9.62 Å². The van der Waals surface area contributed by atoms with Gasteiger partial charge >= 0.3 is 0 Å². The smallest absolute Gasteiger partial charge is 0.265 e. The molecule has 3 aromatic rings. The fourth-order valence-corrected chi connectivity index (χ4v) is 6.17. The van der Waals surface area contributed by atoms with Gasteiger partial charge in [0.15, 0.2) is 0 Å². The fourth-order valence-electron chi connectivity index (χ4n) is 3.40. The first kappa shape index (κ1) is 20.1. The van der Waals surface area contributed by atoms with Gasteiger partial charge in [-0.2, -0.15) is 11.8 Å². The fraction of sp³-hybridized carbons (Fsp3) is 0.190. The van der Waals surface area contributed by atoms with Gasteiger partial charge in [0, 0.05) is 29.3 Å². The van der Waals surface area contributed by atoms with Crippen LogP contribution in [0.2, 0.25) is 5.02 Å². The second-order valence-corrected chi connectivity index (χ2v) is 9.97. The summed E-state index contributed by atoms with van der Waals surface area (Å²) in [5.41, 5.74) is 1.57. The minimum absolute atomic E-state index is 0.107. The maximum Gasteiger partial charge on any atom is 0.265 e. The summed E-state index contributed by atoms with van der Waals surface area (Å²) in [6, 6.07) is 18.3. The molecule has 0 atom stereocenters. The summed E-state index contributed by atoms with van der Waals surface area (Å²) >= 11 is 7.49. The summed E-state index contributed by atoms with van der Waals surface area (Å²) in [6.45, 7) is 0.690. The maximum absolute atomic E-state index is 12.9. The van der Waals surface area contributed by atoms with Gasteiger partial charge in [-0.3, -0.25) is 9.10 Å². The highest BCUT2D eigenvalue weighted by atomic mass is 35.5. The first-order valence-corrected chi connectivity index (χ1v) is 12.1. The Bertz CT molecular complexity index is 1180. The van der Waals surface area contributed by atoms with Gasteiger partial charge in [0.05, 0.1) is 16.3 Å². The molecule has 0 saturated carbocycles. The van der Waals surface area contributed by atoms with E-state index in [1.54, 1.807) is 18.2 Å². The number of sulfonamides is 1. The lowest BCUT2D eigenvalue weighted by Gasteiger charge is -2.18. The minimum Gasteiger partial charge on any atom is -0.351 e. The van der Waals surface area contributed by atoms with Crippen molar-refractivity contribution in [1.29, 1.82) is 0 Å². The van der Waals surface area contributed by atoms with Crippen LogP contribution in [0.1, 0.15) is 5.56 Å². The monoisotopic (exact) mass is 446 g/mol. The molecule has 1 N–H and O–H groups in total.